The highest BCUT2D eigenvalue weighted by Gasteiger charge is 2.46. The molecule has 188 valence electrons. The average molecular weight is 504 g/mol. The minimum atomic E-state index is -3.48. The number of aryl methyl sites for hydroxylation is 1. The van der Waals surface area contributed by atoms with Gasteiger partial charge in [-0.25, -0.2) is 17.9 Å². The third-order valence-corrected chi connectivity index (χ3v) is 9.42. The molecule has 1 spiro atoms. The number of fused-ring (bicyclic) bond motifs is 2. The normalized spacial score (nSPS) is 16.4. The lowest BCUT2D eigenvalue weighted by Gasteiger charge is -2.25. The van der Waals surface area contributed by atoms with Gasteiger partial charge in [-0.1, -0.05) is 49.2 Å². The third kappa shape index (κ3) is 4.31. The number of rotatable bonds is 5. The number of sulfonamides is 1. The van der Waals surface area contributed by atoms with Gasteiger partial charge in [0, 0.05) is 24.2 Å². The molecule has 3 aromatic rings. The van der Waals surface area contributed by atoms with Crippen LogP contribution < -0.4 is 14.9 Å². The van der Waals surface area contributed by atoms with Gasteiger partial charge in [-0.2, -0.15) is 0 Å². The van der Waals surface area contributed by atoms with Gasteiger partial charge in [0.25, 0.3) is 0 Å². The first-order valence-corrected chi connectivity index (χ1v) is 14.0. The fourth-order valence-electron chi connectivity index (χ4n) is 5.74. The SMILES string of the molecule is CNS(=O)(=O)c1ccc(CNC(=O)N2CC3(CCCC3)c3cc(-c4cccc(C)c4C)ccc32)cc1. The molecule has 5 rings (SSSR count). The van der Waals surface area contributed by atoms with Crippen LogP contribution in [0.3, 0.4) is 0 Å². The first-order chi connectivity index (χ1) is 17.2. The Morgan fingerprint density at radius 3 is 2.42 bits per heavy atom. The molecular formula is C29H33N3O3S. The molecule has 0 atom stereocenters. The summed E-state index contributed by atoms with van der Waals surface area (Å²) in [5.74, 6) is 0. The summed E-state index contributed by atoms with van der Waals surface area (Å²) in [6.07, 6.45) is 4.57. The summed E-state index contributed by atoms with van der Waals surface area (Å²) in [6.45, 7) is 5.34. The van der Waals surface area contributed by atoms with Gasteiger partial charge in [0.1, 0.15) is 0 Å². The predicted octanol–water partition coefficient (Wildman–Crippen LogP) is 5.42. The number of hydrogen-bond acceptors (Lipinski definition) is 3. The number of nitrogens with zero attached hydrogens (tertiary/aromatic N) is 1. The van der Waals surface area contributed by atoms with E-state index in [-0.39, 0.29) is 16.3 Å². The van der Waals surface area contributed by atoms with Gasteiger partial charge in [0.2, 0.25) is 10.0 Å². The Labute approximate surface area is 213 Å². The topological polar surface area (TPSA) is 78.5 Å². The van der Waals surface area contributed by atoms with Crippen molar-refractivity contribution in [3.8, 4) is 11.1 Å². The molecule has 2 amide bonds. The van der Waals surface area contributed by atoms with Crippen LogP contribution in [-0.2, 0) is 22.0 Å². The van der Waals surface area contributed by atoms with Crippen molar-refractivity contribution in [3.05, 3.63) is 82.9 Å². The summed E-state index contributed by atoms with van der Waals surface area (Å²) < 4.78 is 26.2. The van der Waals surface area contributed by atoms with Crippen LogP contribution >= 0.6 is 0 Å². The maximum atomic E-state index is 13.4. The molecule has 7 heteroatoms. The largest absolute Gasteiger partial charge is 0.334 e. The molecule has 1 fully saturated rings. The maximum Gasteiger partial charge on any atom is 0.322 e. The van der Waals surface area contributed by atoms with Crippen LogP contribution in [0.15, 0.2) is 65.6 Å². The van der Waals surface area contributed by atoms with Crippen molar-refractivity contribution < 1.29 is 13.2 Å². The zero-order chi connectivity index (χ0) is 25.5. The van der Waals surface area contributed by atoms with Gasteiger partial charge in [0.15, 0.2) is 0 Å². The summed E-state index contributed by atoms with van der Waals surface area (Å²) in [5.41, 5.74) is 8.18. The van der Waals surface area contributed by atoms with Crippen LogP contribution in [0.25, 0.3) is 11.1 Å². The predicted molar refractivity (Wildman–Crippen MR) is 144 cm³/mol. The third-order valence-electron chi connectivity index (χ3n) is 7.99. The van der Waals surface area contributed by atoms with Gasteiger partial charge >= 0.3 is 6.03 Å². The van der Waals surface area contributed by atoms with Gasteiger partial charge in [0.05, 0.1) is 4.90 Å². The van der Waals surface area contributed by atoms with Gasteiger partial charge < -0.3 is 5.32 Å². The van der Waals surface area contributed by atoms with Crippen LogP contribution in [0.5, 0.6) is 0 Å². The molecule has 0 radical (unpaired) electrons. The number of anilines is 1. The number of carbonyl (C=O) groups is 1. The Kier molecular flexibility index (Phi) is 6.39. The smallest absolute Gasteiger partial charge is 0.322 e. The summed E-state index contributed by atoms with van der Waals surface area (Å²) >= 11 is 0. The van der Waals surface area contributed by atoms with Crippen LogP contribution in [0.4, 0.5) is 10.5 Å². The Morgan fingerprint density at radius 2 is 1.72 bits per heavy atom. The molecule has 6 nitrogen and oxygen atoms in total. The van der Waals surface area contributed by atoms with E-state index in [2.05, 4.69) is 60.3 Å². The molecule has 1 aliphatic carbocycles. The van der Waals surface area contributed by atoms with E-state index in [0.717, 1.165) is 24.1 Å². The second-order valence-corrected chi connectivity index (χ2v) is 11.9. The molecule has 0 saturated heterocycles. The lowest BCUT2D eigenvalue weighted by atomic mass is 9.79. The van der Waals surface area contributed by atoms with E-state index in [1.807, 2.05) is 4.90 Å². The molecule has 1 heterocycles. The molecule has 1 saturated carbocycles. The zero-order valence-corrected chi connectivity index (χ0v) is 21.9. The second kappa shape index (κ2) is 9.37. The summed E-state index contributed by atoms with van der Waals surface area (Å²) in [4.78, 5) is 15.5. The van der Waals surface area contributed by atoms with Crippen molar-refractivity contribution in [1.29, 1.82) is 0 Å². The zero-order valence-electron chi connectivity index (χ0n) is 21.1. The Bertz CT molecular complexity index is 1410. The fourth-order valence-corrected chi connectivity index (χ4v) is 6.47. The van der Waals surface area contributed by atoms with E-state index in [0.29, 0.717) is 13.1 Å². The quantitative estimate of drug-likeness (QED) is 0.488. The van der Waals surface area contributed by atoms with E-state index < -0.39 is 10.0 Å². The number of carbonyl (C=O) groups excluding carboxylic acids is 1. The standard InChI is InChI=1S/C29H33N3O3S/c1-20-7-6-8-25(21(20)2)23-11-14-27-26(17-23)29(15-4-5-16-29)19-32(27)28(33)31-18-22-9-12-24(13-10-22)36(34,35)30-3/h6-14,17,30H,4-5,15-16,18-19H2,1-3H3,(H,31,33). The number of benzene rings is 3. The minimum Gasteiger partial charge on any atom is -0.334 e. The monoisotopic (exact) mass is 503 g/mol. The van der Waals surface area contributed by atoms with Crippen molar-refractivity contribution in [2.24, 2.45) is 0 Å². The Morgan fingerprint density at radius 1 is 1.00 bits per heavy atom. The summed E-state index contributed by atoms with van der Waals surface area (Å²) in [7, 11) is -2.09. The number of amides is 2. The molecule has 2 N–H and O–H groups in total. The van der Waals surface area contributed by atoms with E-state index in [9.17, 15) is 13.2 Å². The average Bonchev–Trinajstić information content (AvgIpc) is 3.49. The van der Waals surface area contributed by atoms with Crippen LogP contribution in [0.2, 0.25) is 0 Å². The highest BCUT2D eigenvalue weighted by atomic mass is 32.2. The minimum absolute atomic E-state index is 0.0174. The van der Waals surface area contributed by atoms with Crippen molar-refractivity contribution >= 4 is 21.7 Å². The van der Waals surface area contributed by atoms with E-state index in [4.69, 9.17) is 0 Å². The maximum absolute atomic E-state index is 13.4. The summed E-state index contributed by atoms with van der Waals surface area (Å²) in [6, 6.07) is 19.4. The lowest BCUT2D eigenvalue weighted by molar-refractivity contribution is 0.245. The fraction of sp³-hybridized carbons (Fsp3) is 0.345. The van der Waals surface area contributed by atoms with Crippen LogP contribution in [0.1, 0.15) is 47.9 Å². The number of urea groups is 1. The molecule has 3 aromatic carbocycles. The molecule has 0 aromatic heterocycles. The summed E-state index contributed by atoms with van der Waals surface area (Å²) in [5, 5.41) is 3.05. The van der Waals surface area contributed by atoms with Crippen molar-refractivity contribution in [2.75, 3.05) is 18.5 Å². The molecule has 36 heavy (non-hydrogen) atoms. The Balaban J connectivity index is 1.39. The molecule has 0 unspecified atom stereocenters. The lowest BCUT2D eigenvalue weighted by Crippen LogP contribution is -2.41. The highest BCUT2D eigenvalue weighted by molar-refractivity contribution is 7.89. The second-order valence-electron chi connectivity index (χ2n) is 10.1. The van der Waals surface area contributed by atoms with Crippen LogP contribution in [0, 0.1) is 13.8 Å². The molecular weight excluding hydrogens is 470 g/mol. The van der Waals surface area contributed by atoms with E-state index >= 15 is 0 Å². The first-order valence-electron chi connectivity index (χ1n) is 12.5. The van der Waals surface area contributed by atoms with Gasteiger partial charge in [-0.3, -0.25) is 4.90 Å². The Hall–Kier alpha value is -3.16. The number of hydrogen-bond donors (Lipinski definition) is 2. The van der Waals surface area contributed by atoms with Crippen molar-refractivity contribution in [2.45, 2.75) is 56.4 Å². The number of nitrogens with one attached hydrogen (secondary N) is 2. The van der Waals surface area contributed by atoms with Crippen molar-refractivity contribution in [1.82, 2.24) is 10.0 Å². The highest BCUT2D eigenvalue weighted by Crippen LogP contribution is 2.51. The van der Waals surface area contributed by atoms with E-state index in [1.54, 1.807) is 24.3 Å². The molecule has 0 bridgehead atoms. The van der Waals surface area contributed by atoms with Crippen LogP contribution in [-0.4, -0.2) is 28.0 Å². The van der Waals surface area contributed by atoms with Crippen molar-refractivity contribution in [3.63, 3.8) is 0 Å². The van der Waals surface area contributed by atoms with Gasteiger partial charge in [-0.15, -0.1) is 0 Å². The molecule has 1 aliphatic heterocycles. The van der Waals surface area contributed by atoms with Gasteiger partial charge in [-0.05, 0) is 91.4 Å². The van der Waals surface area contributed by atoms with E-state index in [1.165, 1.54) is 47.7 Å². The molecule has 2 aliphatic rings. The first kappa shape index (κ1) is 24.5.